The van der Waals surface area contributed by atoms with Gasteiger partial charge in [-0.1, -0.05) is 42.0 Å². The van der Waals surface area contributed by atoms with E-state index in [1.54, 1.807) is 7.11 Å². The number of hydrogen-bond acceptors (Lipinski definition) is 4. The molecule has 0 unspecified atom stereocenters. The molecule has 3 aromatic carbocycles. The highest BCUT2D eigenvalue weighted by Gasteiger charge is 2.35. The molecule has 1 fully saturated rings. The molecule has 1 aromatic heterocycles. The number of carbonyl (C=O) groups is 1. The van der Waals surface area contributed by atoms with Gasteiger partial charge < -0.3 is 14.4 Å². The maximum Gasteiger partial charge on any atom is 0.254 e. The highest BCUT2D eigenvalue weighted by atomic mass is 16.5. The lowest BCUT2D eigenvalue weighted by molar-refractivity contribution is 0.0729. The second kappa shape index (κ2) is 9.66. The summed E-state index contributed by atoms with van der Waals surface area (Å²) in [6.45, 7) is 4.42. The van der Waals surface area contributed by atoms with Gasteiger partial charge >= 0.3 is 0 Å². The van der Waals surface area contributed by atoms with E-state index in [0.29, 0.717) is 29.5 Å². The van der Waals surface area contributed by atoms with Crippen LogP contribution in [-0.2, 0) is 6.54 Å². The van der Waals surface area contributed by atoms with E-state index in [0.717, 1.165) is 35.3 Å². The van der Waals surface area contributed by atoms with Crippen molar-refractivity contribution in [2.75, 3.05) is 7.11 Å². The summed E-state index contributed by atoms with van der Waals surface area (Å²) in [6, 6.07) is 25.4. The van der Waals surface area contributed by atoms with Gasteiger partial charge in [0.15, 0.2) is 0 Å². The largest absolute Gasteiger partial charge is 0.497 e. The topological polar surface area (TPSA) is 56.6 Å². The first-order valence-electron chi connectivity index (χ1n) is 11.9. The number of nitrogens with zero attached hydrogens (tertiary/aromatic N) is 3. The molecule has 0 bridgehead atoms. The SMILES string of the molecule is COc1cccc(Oc2c(CN(C(=O)c3ccc(C)cc3)C3CC3)c(C)nn2-c2ccccc2)c1. The number of carbonyl (C=O) groups excluding carboxylic acids is 1. The predicted octanol–water partition coefficient (Wildman–Crippen LogP) is 6.09. The molecule has 0 aliphatic heterocycles. The fourth-order valence-corrected chi connectivity index (χ4v) is 4.13. The Hall–Kier alpha value is -4.06. The third kappa shape index (κ3) is 4.92. The summed E-state index contributed by atoms with van der Waals surface area (Å²) in [4.78, 5) is 15.5. The van der Waals surface area contributed by atoms with E-state index < -0.39 is 0 Å². The lowest BCUT2D eigenvalue weighted by atomic mass is 10.1. The number of methoxy groups -OCH3 is 1. The van der Waals surface area contributed by atoms with Gasteiger partial charge in [0.05, 0.1) is 30.6 Å². The highest BCUT2D eigenvalue weighted by Crippen LogP contribution is 2.36. The highest BCUT2D eigenvalue weighted by molar-refractivity contribution is 5.94. The number of benzene rings is 3. The van der Waals surface area contributed by atoms with Crippen LogP contribution in [0.2, 0.25) is 0 Å². The Labute approximate surface area is 205 Å². The van der Waals surface area contributed by atoms with Gasteiger partial charge in [0.1, 0.15) is 11.5 Å². The molecular weight excluding hydrogens is 438 g/mol. The monoisotopic (exact) mass is 467 g/mol. The third-order valence-electron chi connectivity index (χ3n) is 6.27. The molecule has 6 heteroatoms. The first-order chi connectivity index (χ1) is 17.0. The fraction of sp³-hybridized carbons (Fsp3) is 0.241. The molecule has 5 rings (SSSR count). The number of ether oxygens (including phenoxy) is 2. The molecule has 0 saturated heterocycles. The second-order valence-corrected chi connectivity index (χ2v) is 8.93. The van der Waals surface area contributed by atoms with Crippen LogP contribution in [-0.4, -0.2) is 33.7 Å². The molecule has 1 amide bonds. The van der Waals surface area contributed by atoms with E-state index in [-0.39, 0.29) is 11.9 Å². The van der Waals surface area contributed by atoms with Crippen molar-refractivity contribution < 1.29 is 14.3 Å². The minimum Gasteiger partial charge on any atom is -0.497 e. The van der Waals surface area contributed by atoms with Crippen LogP contribution in [0.1, 0.15) is 40.0 Å². The second-order valence-electron chi connectivity index (χ2n) is 8.93. The van der Waals surface area contributed by atoms with Gasteiger partial charge in [0, 0.05) is 17.7 Å². The van der Waals surface area contributed by atoms with E-state index in [2.05, 4.69) is 0 Å². The molecular formula is C29H29N3O3. The Morgan fingerprint density at radius 1 is 0.971 bits per heavy atom. The minimum absolute atomic E-state index is 0.0340. The zero-order valence-corrected chi connectivity index (χ0v) is 20.3. The van der Waals surface area contributed by atoms with Crippen LogP contribution in [0.4, 0.5) is 0 Å². The summed E-state index contributed by atoms with van der Waals surface area (Å²) < 4.78 is 13.6. The molecule has 4 aromatic rings. The standard InChI is InChI=1S/C29H29N3O3/c1-20-12-14-22(15-13-20)28(33)31(23-16-17-23)19-27-21(2)30-32(24-8-5-4-6-9-24)29(27)35-26-11-7-10-25(18-26)34-3/h4-15,18,23H,16-17,19H2,1-3H3. The van der Waals surface area contributed by atoms with Crippen molar-refractivity contribution in [3.8, 4) is 23.1 Å². The summed E-state index contributed by atoms with van der Waals surface area (Å²) in [5, 5.41) is 4.82. The number of para-hydroxylation sites is 1. The zero-order chi connectivity index (χ0) is 24.4. The lowest BCUT2D eigenvalue weighted by Crippen LogP contribution is -2.32. The molecule has 1 heterocycles. The lowest BCUT2D eigenvalue weighted by Gasteiger charge is -2.23. The van der Waals surface area contributed by atoms with Crippen LogP contribution in [0.15, 0.2) is 78.9 Å². The molecule has 6 nitrogen and oxygen atoms in total. The number of rotatable bonds is 8. The van der Waals surface area contributed by atoms with Crippen molar-refractivity contribution in [1.29, 1.82) is 0 Å². The maximum absolute atomic E-state index is 13.5. The van der Waals surface area contributed by atoms with Gasteiger partial charge in [0.2, 0.25) is 5.88 Å². The van der Waals surface area contributed by atoms with Crippen molar-refractivity contribution in [3.63, 3.8) is 0 Å². The summed E-state index contributed by atoms with van der Waals surface area (Å²) >= 11 is 0. The van der Waals surface area contributed by atoms with Crippen molar-refractivity contribution in [2.45, 2.75) is 39.3 Å². The van der Waals surface area contributed by atoms with Crippen LogP contribution in [0.5, 0.6) is 17.4 Å². The van der Waals surface area contributed by atoms with Gasteiger partial charge in [0.25, 0.3) is 5.91 Å². The Kier molecular flexibility index (Phi) is 6.27. The Balaban J connectivity index is 1.54. The van der Waals surface area contributed by atoms with E-state index in [9.17, 15) is 4.79 Å². The molecule has 0 radical (unpaired) electrons. The van der Waals surface area contributed by atoms with Gasteiger partial charge in [-0.25, -0.2) is 4.68 Å². The summed E-state index contributed by atoms with van der Waals surface area (Å²) in [7, 11) is 1.63. The van der Waals surface area contributed by atoms with Crippen LogP contribution in [0, 0.1) is 13.8 Å². The fourth-order valence-electron chi connectivity index (χ4n) is 4.13. The molecule has 178 valence electrons. The Morgan fingerprint density at radius 2 is 1.69 bits per heavy atom. The molecule has 1 aliphatic rings. The van der Waals surface area contributed by atoms with Gasteiger partial charge in [-0.15, -0.1) is 0 Å². The normalized spacial score (nSPS) is 12.9. The van der Waals surface area contributed by atoms with Gasteiger partial charge in [-0.05, 0) is 63.1 Å². The summed E-state index contributed by atoms with van der Waals surface area (Å²) in [5.74, 6) is 1.99. The molecule has 0 atom stereocenters. The zero-order valence-electron chi connectivity index (χ0n) is 20.3. The summed E-state index contributed by atoms with van der Waals surface area (Å²) in [6.07, 6.45) is 2.02. The third-order valence-corrected chi connectivity index (χ3v) is 6.27. The van der Waals surface area contributed by atoms with Crippen molar-refractivity contribution in [3.05, 3.63) is 101 Å². The van der Waals surface area contributed by atoms with E-state index in [1.807, 2.05) is 102 Å². The maximum atomic E-state index is 13.5. The Morgan fingerprint density at radius 3 is 2.37 bits per heavy atom. The number of aromatic nitrogens is 2. The predicted molar refractivity (Wildman–Crippen MR) is 135 cm³/mol. The van der Waals surface area contributed by atoms with Crippen LogP contribution in [0.3, 0.4) is 0 Å². The average molecular weight is 468 g/mol. The molecule has 0 spiro atoms. The van der Waals surface area contributed by atoms with E-state index in [4.69, 9.17) is 14.6 Å². The Bertz CT molecular complexity index is 1330. The van der Waals surface area contributed by atoms with Crippen molar-refractivity contribution in [2.24, 2.45) is 0 Å². The number of amides is 1. The van der Waals surface area contributed by atoms with Crippen LogP contribution in [0.25, 0.3) is 5.69 Å². The smallest absolute Gasteiger partial charge is 0.254 e. The molecule has 0 N–H and O–H groups in total. The first kappa shape index (κ1) is 22.7. The van der Waals surface area contributed by atoms with E-state index >= 15 is 0 Å². The quantitative estimate of drug-likeness (QED) is 0.314. The minimum atomic E-state index is 0.0340. The molecule has 35 heavy (non-hydrogen) atoms. The van der Waals surface area contributed by atoms with E-state index in [1.165, 1.54) is 0 Å². The first-order valence-corrected chi connectivity index (χ1v) is 11.9. The molecule has 1 aliphatic carbocycles. The van der Waals surface area contributed by atoms with Crippen molar-refractivity contribution >= 4 is 5.91 Å². The summed E-state index contributed by atoms with van der Waals surface area (Å²) in [5.41, 5.74) is 4.44. The van der Waals surface area contributed by atoms with Gasteiger partial charge in [-0.2, -0.15) is 5.10 Å². The molecule has 1 saturated carbocycles. The number of hydrogen-bond donors (Lipinski definition) is 0. The van der Waals surface area contributed by atoms with Crippen molar-refractivity contribution in [1.82, 2.24) is 14.7 Å². The number of aryl methyl sites for hydroxylation is 2. The van der Waals surface area contributed by atoms with Gasteiger partial charge in [-0.3, -0.25) is 4.79 Å². The average Bonchev–Trinajstić information content (AvgIpc) is 3.68. The van der Waals surface area contributed by atoms with Crippen LogP contribution >= 0.6 is 0 Å². The van der Waals surface area contributed by atoms with Crippen LogP contribution < -0.4 is 9.47 Å².